The van der Waals surface area contributed by atoms with E-state index in [0.717, 1.165) is 57.3 Å². The first kappa shape index (κ1) is 19.2. The maximum Gasteiger partial charge on any atom is 0.159 e. The SMILES string of the molecule is CCOc1ccccc1Nc1ncnc(NCCCN2CCOCC2)c1N. The quantitative estimate of drug-likeness (QED) is 0.577. The van der Waals surface area contributed by atoms with E-state index in [-0.39, 0.29) is 0 Å². The Hall–Kier alpha value is -2.58. The lowest BCUT2D eigenvalue weighted by molar-refractivity contribution is 0.0378. The van der Waals surface area contributed by atoms with Gasteiger partial charge in [0.05, 0.1) is 25.5 Å². The van der Waals surface area contributed by atoms with Gasteiger partial charge in [0.1, 0.15) is 17.8 Å². The molecule has 0 saturated carbocycles. The summed E-state index contributed by atoms with van der Waals surface area (Å²) in [4.78, 5) is 11.0. The van der Waals surface area contributed by atoms with Crippen LogP contribution in [-0.2, 0) is 4.74 Å². The fraction of sp³-hybridized carbons (Fsp3) is 0.474. The zero-order chi connectivity index (χ0) is 18.9. The molecule has 8 heteroatoms. The lowest BCUT2D eigenvalue weighted by atomic mass is 10.3. The Morgan fingerprint density at radius 2 is 1.96 bits per heavy atom. The van der Waals surface area contributed by atoms with Crippen LogP contribution in [0.5, 0.6) is 5.75 Å². The van der Waals surface area contributed by atoms with Gasteiger partial charge in [0.25, 0.3) is 0 Å². The van der Waals surface area contributed by atoms with E-state index in [1.807, 2.05) is 31.2 Å². The number of nitrogens with zero attached hydrogens (tertiary/aromatic N) is 3. The average Bonchev–Trinajstić information content (AvgIpc) is 2.70. The number of hydrogen-bond acceptors (Lipinski definition) is 8. The molecule has 0 atom stereocenters. The van der Waals surface area contributed by atoms with E-state index in [4.69, 9.17) is 15.2 Å². The third-order valence-corrected chi connectivity index (χ3v) is 4.37. The van der Waals surface area contributed by atoms with Crippen LogP contribution >= 0.6 is 0 Å². The molecule has 1 aromatic heterocycles. The molecule has 0 spiro atoms. The number of morpholine rings is 1. The van der Waals surface area contributed by atoms with Gasteiger partial charge < -0.3 is 25.8 Å². The molecule has 8 nitrogen and oxygen atoms in total. The first-order valence-corrected chi connectivity index (χ1v) is 9.41. The summed E-state index contributed by atoms with van der Waals surface area (Å²) in [7, 11) is 0. The van der Waals surface area contributed by atoms with Gasteiger partial charge >= 0.3 is 0 Å². The molecule has 2 heterocycles. The van der Waals surface area contributed by atoms with Crippen molar-refractivity contribution >= 4 is 23.0 Å². The van der Waals surface area contributed by atoms with E-state index in [1.54, 1.807) is 0 Å². The summed E-state index contributed by atoms with van der Waals surface area (Å²) in [5.74, 6) is 1.97. The van der Waals surface area contributed by atoms with Crippen molar-refractivity contribution in [2.45, 2.75) is 13.3 Å². The van der Waals surface area contributed by atoms with Crippen molar-refractivity contribution < 1.29 is 9.47 Å². The second-order valence-electron chi connectivity index (χ2n) is 6.27. The highest BCUT2D eigenvalue weighted by molar-refractivity contribution is 5.79. The van der Waals surface area contributed by atoms with Crippen LogP contribution in [0.25, 0.3) is 0 Å². The van der Waals surface area contributed by atoms with Crippen molar-refractivity contribution in [2.75, 3.05) is 62.4 Å². The van der Waals surface area contributed by atoms with E-state index >= 15 is 0 Å². The van der Waals surface area contributed by atoms with Crippen molar-refractivity contribution in [2.24, 2.45) is 0 Å². The van der Waals surface area contributed by atoms with Gasteiger partial charge in [-0.15, -0.1) is 0 Å². The monoisotopic (exact) mass is 372 g/mol. The first-order valence-electron chi connectivity index (χ1n) is 9.41. The number of anilines is 4. The highest BCUT2D eigenvalue weighted by Crippen LogP contribution is 2.30. The Labute approximate surface area is 160 Å². The number of ether oxygens (including phenoxy) is 2. The molecule has 1 aliphatic rings. The Morgan fingerprint density at radius 1 is 1.19 bits per heavy atom. The second kappa shape index (κ2) is 9.94. The third kappa shape index (κ3) is 5.45. The van der Waals surface area contributed by atoms with Crippen LogP contribution in [0.15, 0.2) is 30.6 Å². The standard InChI is InChI=1S/C19H28N6O2/c1-2-27-16-7-4-3-6-15(16)24-19-17(20)18(22-14-23-19)21-8-5-9-25-10-12-26-13-11-25/h3-4,6-7,14H,2,5,8-13,20H2,1H3,(H2,21,22,23,24). The number of para-hydroxylation sites is 2. The molecule has 0 unspecified atom stereocenters. The van der Waals surface area contributed by atoms with Crippen LogP contribution in [0.1, 0.15) is 13.3 Å². The zero-order valence-electron chi connectivity index (χ0n) is 15.8. The van der Waals surface area contributed by atoms with Crippen LogP contribution in [0.2, 0.25) is 0 Å². The van der Waals surface area contributed by atoms with E-state index in [1.165, 1.54) is 6.33 Å². The molecule has 0 radical (unpaired) electrons. The topological polar surface area (TPSA) is 97.6 Å². The molecule has 146 valence electrons. The van der Waals surface area contributed by atoms with E-state index in [0.29, 0.717) is 23.9 Å². The minimum Gasteiger partial charge on any atom is -0.492 e. The van der Waals surface area contributed by atoms with Crippen LogP contribution < -0.4 is 21.1 Å². The fourth-order valence-electron chi connectivity index (χ4n) is 2.95. The summed E-state index contributed by atoms with van der Waals surface area (Å²) in [5.41, 5.74) is 7.58. The van der Waals surface area contributed by atoms with Crippen molar-refractivity contribution in [3.05, 3.63) is 30.6 Å². The molecule has 3 rings (SSSR count). The lowest BCUT2D eigenvalue weighted by Crippen LogP contribution is -2.37. The molecule has 1 aromatic carbocycles. The average molecular weight is 372 g/mol. The van der Waals surface area contributed by atoms with Crippen LogP contribution in [-0.4, -0.2) is 60.9 Å². The number of nitrogens with two attached hydrogens (primary N) is 1. The molecule has 1 fully saturated rings. The summed E-state index contributed by atoms with van der Waals surface area (Å²) in [5, 5.41) is 6.56. The van der Waals surface area contributed by atoms with Gasteiger partial charge in [-0.2, -0.15) is 0 Å². The second-order valence-corrected chi connectivity index (χ2v) is 6.27. The molecule has 4 N–H and O–H groups in total. The van der Waals surface area contributed by atoms with Gasteiger partial charge in [-0.1, -0.05) is 12.1 Å². The van der Waals surface area contributed by atoms with Gasteiger partial charge in [-0.3, -0.25) is 4.90 Å². The summed E-state index contributed by atoms with van der Waals surface area (Å²) in [6, 6.07) is 7.71. The van der Waals surface area contributed by atoms with Crippen LogP contribution in [0.3, 0.4) is 0 Å². The molecule has 0 amide bonds. The summed E-state index contributed by atoms with van der Waals surface area (Å²) in [6.07, 6.45) is 2.52. The molecular formula is C19H28N6O2. The molecule has 1 saturated heterocycles. The fourth-order valence-corrected chi connectivity index (χ4v) is 2.95. The first-order chi connectivity index (χ1) is 13.3. The largest absolute Gasteiger partial charge is 0.492 e. The Morgan fingerprint density at radius 3 is 2.78 bits per heavy atom. The molecule has 0 aliphatic carbocycles. The predicted octanol–water partition coefficient (Wildman–Crippen LogP) is 2.34. The minimum atomic E-state index is 0.496. The number of hydrogen-bond donors (Lipinski definition) is 3. The van der Waals surface area contributed by atoms with Crippen molar-refractivity contribution in [3.8, 4) is 5.75 Å². The van der Waals surface area contributed by atoms with Crippen molar-refractivity contribution in [1.82, 2.24) is 14.9 Å². The van der Waals surface area contributed by atoms with E-state index in [2.05, 4.69) is 25.5 Å². The van der Waals surface area contributed by atoms with E-state index < -0.39 is 0 Å². The Bertz CT molecular complexity index is 721. The summed E-state index contributed by atoms with van der Waals surface area (Å²) >= 11 is 0. The zero-order valence-corrected chi connectivity index (χ0v) is 15.8. The Balaban J connectivity index is 1.57. The molecule has 1 aliphatic heterocycles. The van der Waals surface area contributed by atoms with Gasteiger partial charge in [-0.05, 0) is 32.0 Å². The molecule has 2 aromatic rings. The van der Waals surface area contributed by atoms with Gasteiger partial charge in [0, 0.05) is 19.6 Å². The van der Waals surface area contributed by atoms with E-state index in [9.17, 15) is 0 Å². The van der Waals surface area contributed by atoms with Gasteiger partial charge in [0.15, 0.2) is 11.6 Å². The number of benzene rings is 1. The van der Waals surface area contributed by atoms with Crippen molar-refractivity contribution in [1.29, 1.82) is 0 Å². The van der Waals surface area contributed by atoms with Crippen molar-refractivity contribution in [3.63, 3.8) is 0 Å². The highest BCUT2D eigenvalue weighted by atomic mass is 16.5. The molecule has 27 heavy (non-hydrogen) atoms. The maximum atomic E-state index is 6.26. The van der Waals surface area contributed by atoms with Crippen LogP contribution in [0.4, 0.5) is 23.0 Å². The van der Waals surface area contributed by atoms with Gasteiger partial charge in [0.2, 0.25) is 0 Å². The normalized spacial score (nSPS) is 14.7. The molecular weight excluding hydrogens is 344 g/mol. The minimum absolute atomic E-state index is 0.496. The summed E-state index contributed by atoms with van der Waals surface area (Å²) < 4.78 is 11.0. The maximum absolute atomic E-state index is 6.26. The molecule has 0 bridgehead atoms. The lowest BCUT2D eigenvalue weighted by Gasteiger charge is -2.26. The Kier molecular flexibility index (Phi) is 7.06. The predicted molar refractivity (Wildman–Crippen MR) is 108 cm³/mol. The summed E-state index contributed by atoms with van der Waals surface area (Å²) in [6.45, 7) is 8.03. The number of nitrogens with one attached hydrogen (secondary N) is 2. The van der Waals surface area contributed by atoms with Crippen LogP contribution in [0, 0.1) is 0 Å². The third-order valence-electron chi connectivity index (χ3n) is 4.37. The number of nitrogen functional groups attached to an aromatic ring is 1. The number of rotatable bonds is 9. The highest BCUT2D eigenvalue weighted by Gasteiger charge is 2.12. The smallest absolute Gasteiger partial charge is 0.159 e. The van der Waals surface area contributed by atoms with Gasteiger partial charge in [-0.25, -0.2) is 9.97 Å². The number of aromatic nitrogens is 2.